The van der Waals surface area contributed by atoms with E-state index >= 15 is 0 Å². The van der Waals surface area contributed by atoms with Crippen LogP contribution in [0, 0.1) is 34.6 Å². The van der Waals surface area contributed by atoms with Crippen LogP contribution in [0.5, 0.6) is 0 Å². The fourth-order valence-electron chi connectivity index (χ4n) is 3.30. The second-order valence-electron chi connectivity index (χ2n) is 7.63. The molecule has 0 radical (unpaired) electrons. The summed E-state index contributed by atoms with van der Waals surface area (Å²) in [5.41, 5.74) is 7.90. The van der Waals surface area contributed by atoms with Gasteiger partial charge in [-0.1, -0.05) is 29.8 Å². The first kappa shape index (κ1) is 20.3. The molecule has 148 valence electrons. The maximum Gasteiger partial charge on any atom is 0.291 e. The smallest absolute Gasteiger partial charge is 0.291 e. The number of aliphatic imine (C=N–C) groups is 1. The first-order valence-corrected chi connectivity index (χ1v) is 9.69. The summed E-state index contributed by atoms with van der Waals surface area (Å²) in [6.07, 6.45) is 0. The molecule has 0 saturated heterocycles. The molecule has 0 aliphatic carbocycles. The van der Waals surface area contributed by atoms with Crippen molar-refractivity contribution in [3.63, 3.8) is 0 Å². The maximum absolute atomic E-state index is 13.1. The van der Waals surface area contributed by atoms with Crippen molar-refractivity contribution >= 4 is 28.8 Å². The third-order valence-electron chi connectivity index (χ3n) is 4.45. The minimum absolute atomic E-state index is 0.248. The van der Waals surface area contributed by atoms with Crippen LogP contribution in [0.25, 0.3) is 0 Å². The molecule has 0 spiro atoms. The number of carbonyl (C=O) groups excluding carboxylic acids is 1. The molecule has 4 nitrogen and oxygen atoms in total. The fraction of sp³-hybridized carbons (Fsp3) is 0.200. The van der Waals surface area contributed by atoms with Crippen LogP contribution >= 0.6 is 0 Å². The van der Waals surface area contributed by atoms with Gasteiger partial charge in [0, 0.05) is 11.4 Å². The van der Waals surface area contributed by atoms with E-state index in [0.717, 1.165) is 44.9 Å². The van der Waals surface area contributed by atoms with Gasteiger partial charge in [-0.2, -0.15) is 0 Å². The van der Waals surface area contributed by atoms with Crippen LogP contribution < -0.4 is 10.6 Å². The first-order valence-electron chi connectivity index (χ1n) is 9.69. The second-order valence-corrected chi connectivity index (χ2v) is 7.63. The highest BCUT2D eigenvalue weighted by Gasteiger charge is 2.14. The highest BCUT2D eigenvalue weighted by Crippen LogP contribution is 2.18. The van der Waals surface area contributed by atoms with Crippen LogP contribution in [0.1, 0.15) is 27.8 Å². The standard InChI is InChI=1S/C25H27N3O/c1-16-6-8-21(9-7-16)26-24(27-22-12-17(2)10-18(3)13-22)25(29)28-23-14-19(4)11-20(5)15-23/h6-15H,1-5H3,(H,26,27)(H,28,29). The Morgan fingerprint density at radius 3 is 1.55 bits per heavy atom. The quantitative estimate of drug-likeness (QED) is 0.428. The topological polar surface area (TPSA) is 53.5 Å². The number of carbonyl (C=O) groups is 1. The summed E-state index contributed by atoms with van der Waals surface area (Å²) in [5, 5.41) is 6.18. The van der Waals surface area contributed by atoms with Crippen molar-refractivity contribution in [2.24, 2.45) is 4.99 Å². The van der Waals surface area contributed by atoms with E-state index in [-0.39, 0.29) is 11.7 Å². The predicted molar refractivity (Wildman–Crippen MR) is 122 cm³/mol. The molecule has 0 heterocycles. The van der Waals surface area contributed by atoms with E-state index in [4.69, 9.17) is 0 Å². The molecule has 29 heavy (non-hydrogen) atoms. The molecule has 0 atom stereocenters. The van der Waals surface area contributed by atoms with E-state index in [0.29, 0.717) is 0 Å². The van der Waals surface area contributed by atoms with Crippen LogP contribution in [-0.4, -0.2) is 11.7 Å². The number of nitrogens with zero attached hydrogens (tertiary/aromatic N) is 1. The molecule has 4 heteroatoms. The molecule has 0 aliphatic heterocycles. The summed E-state index contributed by atoms with van der Waals surface area (Å²) in [6, 6.07) is 19.8. The van der Waals surface area contributed by atoms with E-state index in [1.54, 1.807) is 0 Å². The Morgan fingerprint density at radius 2 is 1.07 bits per heavy atom. The van der Waals surface area contributed by atoms with Gasteiger partial charge in [0.05, 0.1) is 5.69 Å². The number of aryl methyl sites for hydroxylation is 5. The highest BCUT2D eigenvalue weighted by atomic mass is 16.2. The monoisotopic (exact) mass is 385 g/mol. The highest BCUT2D eigenvalue weighted by molar-refractivity contribution is 6.46. The van der Waals surface area contributed by atoms with Crippen LogP contribution in [0.4, 0.5) is 17.1 Å². The molecule has 1 amide bonds. The third-order valence-corrected chi connectivity index (χ3v) is 4.45. The Labute approximate surface area is 172 Å². The van der Waals surface area contributed by atoms with Crippen molar-refractivity contribution in [2.45, 2.75) is 34.6 Å². The number of anilines is 2. The molecule has 3 aromatic carbocycles. The fourth-order valence-corrected chi connectivity index (χ4v) is 3.30. The largest absolute Gasteiger partial charge is 0.336 e. The summed E-state index contributed by atoms with van der Waals surface area (Å²) in [4.78, 5) is 17.7. The van der Waals surface area contributed by atoms with Gasteiger partial charge >= 0.3 is 0 Å². The number of amidine groups is 1. The third kappa shape index (κ3) is 5.79. The molecule has 0 aliphatic rings. The van der Waals surface area contributed by atoms with Crippen LogP contribution in [-0.2, 0) is 4.79 Å². The van der Waals surface area contributed by atoms with Gasteiger partial charge < -0.3 is 10.6 Å². The van der Waals surface area contributed by atoms with Crippen LogP contribution in [0.15, 0.2) is 65.7 Å². The number of benzene rings is 3. The second kappa shape index (κ2) is 8.74. The van der Waals surface area contributed by atoms with Crippen molar-refractivity contribution in [3.8, 4) is 0 Å². The average molecular weight is 386 g/mol. The zero-order chi connectivity index (χ0) is 21.0. The average Bonchev–Trinajstić information content (AvgIpc) is 2.61. The van der Waals surface area contributed by atoms with Gasteiger partial charge in [-0.05, 0) is 93.3 Å². The van der Waals surface area contributed by atoms with Gasteiger partial charge in [0.25, 0.3) is 5.91 Å². The van der Waals surface area contributed by atoms with E-state index in [9.17, 15) is 4.79 Å². The summed E-state index contributed by atoms with van der Waals surface area (Å²) in [6.45, 7) is 10.1. The lowest BCUT2D eigenvalue weighted by molar-refractivity contribution is -0.110. The Kier molecular flexibility index (Phi) is 6.13. The number of hydrogen-bond donors (Lipinski definition) is 2. The molecule has 0 saturated carbocycles. The van der Waals surface area contributed by atoms with Crippen molar-refractivity contribution < 1.29 is 4.79 Å². The zero-order valence-electron chi connectivity index (χ0n) is 17.6. The van der Waals surface area contributed by atoms with Crippen molar-refractivity contribution in [2.75, 3.05) is 10.6 Å². The van der Waals surface area contributed by atoms with E-state index in [2.05, 4.69) is 27.8 Å². The number of amides is 1. The molecule has 3 aromatic rings. The lowest BCUT2D eigenvalue weighted by atomic mass is 10.1. The predicted octanol–water partition coefficient (Wildman–Crippen LogP) is 6.01. The van der Waals surface area contributed by atoms with Gasteiger partial charge in [-0.15, -0.1) is 0 Å². The summed E-state index contributed by atoms with van der Waals surface area (Å²) < 4.78 is 0. The summed E-state index contributed by atoms with van der Waals surface area (Å²) in [7, 11) is 0. The molecule has 3 rings (SSSR count). The number of nitrogens with one attached hydrogen (secondary N) is 2. The first-order chi connectivity index (χ1) is 13.8. The minimum Gasteiger partial charge on any atom is -0.336 e. The molecule has 0 aromatic heterocycles. The normalized spacial score (nSPS) is 11.3. The van der Waals surface area contributed by atoms with Crippen molar-refractivity contribution in [1.29, 1.82) is 0 Å². The number of hydrogen-bond acceptors (Lipinski definition) is 2. The molecular weight excluding hydrogens is 358 g/mol. The van der Waals surface area contributed by atoms with Crippen LogP contribution in [0.3, 0.4) is 0 Å². The van der Waals surface area contributed by atoms with Crippen molar-refractivity contribution in [1.82, 2.24) is 0 Å². The molecular formula is C25H27N3O. The van der Waals surface area contributed by atoms with E-state index < -0.39 is 0 Å². The van der Waals surface area contributed by atoms with Crippen molar-refractivity contribution in [3.05, 3.63) is 88.5 Å². The molecule has 0 bridgehead atoms. The zero-order valence-corrected chi connectivity index (χ0v) is 17.6. The van der Waals surface area contributed by atoms with Gasteiger partial charge in [0.1, 0.15) is 0 Å². The summed E-state index contributed by atoms with van der Waals surface area (Å²) >= 11 is 0. The Morgan fingerprint density at radius 1 is 0.621 bits per heavy atom. The van der Waals surface area contributed by atoms with Crippen LogP contribution in [0.2, 0.25) is 0 Å². The van der Waals surface area contributed by atoms with Gasteiger partial charge in [-0.25, -0.2) is 4.99 Å². The molecule has 0 unspecified atom stereocenters. The summed E-state index contributed by atoms with van der Waals surface area (Å²) in [5.74, 6) is -0.0345. The molecule has 2 N–H and O–H groups in total. The SMILES string of the molecule is Cc1ccc(N=C(Nc2cc(C)cc(C)c2)C(=O)Nc2cc(C)cc(C)c2)cc1. The Bertz CT molecular complexity index is 1030. The number of rotatable bonds is 3. The minimum atomic E-state index is -0.283. The lowest BCUT2D eigenvalue weighted by Gasteiger charge is -2.13. The van der Waals surface area contributed by atoms with Gasteiger partial charge in [0.15, 0.2) is 5.84 Å². The van der Waals surface area contributed by atoms with Gasteiger partial charge in [0.2, 0.25) is 0 Å². The Hall–Kier alpha value is -3.40. The lowest BCUT2D eigenvalue weighted by Crippen LogP contribution is -2.29. The van der Waals surface area contributed by atoms with Gasteiger partial charge in [-0.3, -0.25) is 4.79 Å². The Balaban J connectivity index is 1.94. The molecule has 0 fully saturated rings. The van der Waals surface area contributed by atoms with E-state index in [1.807, 2.05) is 83.1 Å². The van der Waals surface area contributed by atoms with E-state index in [1.165, 1.54) is 0 Å². The maximum atomic E-state index is 13.1.